The van der Waals surface area contributed by atoms with Gasteiger partial charge in [-0.25, -0.2) is 4.39 Å². The molecule has 0 aromatic heterocycles. The van der Waals surface area contributed by atoms with Crippen LogP contribution in [0.3, 0.4) is 0 Å². The monoisotopic (exact) mass is 299 g/mol. The molecule has 1 N–H and O–H groups in total. The molecule has 1 nitrogen and oxygen atoms in total. The van der Waals surface area contributed by atoms with E-state index in [1.807, 2.05) is 0 Å². The van der Waals surface area contributed by atoms with Gasteiger partial charge in [-0.05, 0) is 31.0 Å². The van der Waals surface area contributed by atoms with E-state index in [0.29, 0.717) is 11.1 Å². The fourth-order valence-corrected chi connectivity index (χ4v) is 2.57. The standard InChI is InChI=1S/C17H27ClFN/c1-3-5-7-9-15(10-8-6-4-2)20-17-13-14(19)11-12-16(17)18/h11-13,15,20H,3-10H2,1-2H3. The molecule has 0 saturated heterocycles. The highest BCUT2D eigenvalue weighted by molar-refractivity contribution is 6.33. The van der Waals surface area contributed by atoms with E-state index >= 15 is 0 Å². The number of hydrogen-bond donors (Lipinski definition) is 1. The third kappa shape index (κ3) is 6.60. The van der Waals surface area contributed by atoms with E-state index in [2.05, 4.69) is 19.2 Å². The number of anilines is 1. The Balaban J connectivity index is 2.58. The molecule has 0 bridgehead atoms. The molecule has 3 heteroatoms. The molecule has 114 valence electrons. The van der Waals surface area contributed by atoms with Crippen molar-refractivity contribution < 1.29 is 4.39 Å². The van der Waals surface area contributed by atoms with Crippen LogP contribution in [0.1, 0.15) is 65.2 Å². The molecule has 0 aliphatic heterocycles. The van der Waals surface area contributed by atoms with Crippen LogP contribution in [-0.4, -0.2) is 6.04 Å². The van der Waals surface area contributed by atoms with Crippen LogP contribution >= 0.6 is 11.6 Å². The van der Waals surface area contributed by atoms with Gasteiger partial charge in [0.15, 0.2) is 0 Å². The summed E-state index contributed by atoms with van der Waals surface area (Å²) in [5.41, 5.74) is 0.727. The average Bonchev–Trinajstić information content (AvgIpc) is 2.43. The molecule has 0 heterocycles. The minimum atomic E-state index is -0.238. The topological polar surface area (TPSA) is 12.0 Å². The van der Waals surface area contributed by atoms with Gasteiger partial charge in [0.25, 0.3) is 0 Å². The van der Waals surface area contributed by atoms with Crippen LogP contribution < -0.4 is 5.32 Å². The predicted molar refractivity (Wildman–Crippen MR) is 87.1 cm³/mol. The van der Waals surface area contributed by atoms with Crippen LogP contribution in [0, 0.1) is 5.82 Å². The fraction of sp³-hybridized carbons (Fsp3) is 0.647. The number of nitrogens with one attached hydrogen (secondary N) is 1. The summed E-state index contributed by atoms with van der Waals surface area (Å²) in [5, 5.41) is 4.03. The zero-order valence-corrected chi connectivity index (χ0v) is 13.5. The lowest BCUT2D eigenvalue weighted by molar-refractivity contribution is 0.526. The summed E-state index contributed by atoms with van der Waals surface area (Å²) >= 11 is 6.13. The van der Waals surface area contributed by atoms with E-state index in [1.54, 1.807) is 6.07 Å². The molecule has 0 amide bonds. The molecule has 0 fully saturated rings. The first-order valence-electron chi connectivity index (χ1n) is 7.89. The van der Waals surface area contributed by atoms with Gasteiger partial charge in [-0.2, -0.15) is 0 Å². The smallest absolute Gasteiger partial charge is 0.125 e. The predicted octanol–water partition coefficient (Wildman–Crippen LogP) is 6.42. The van der Waals surface area contributed by atoms with Gasteiger partial charge >= 0.3 is 0 Å². The van der Waals surface area contributed by atoms with E-state index in [-0.39, 0.29) is 5.82 Å². The summed E-state index contributed by atoms with van der Waals surface area (Å²) < 4.78 is 13.3. The van der Waals surface area contributed by atoms with Crippen LogP contribution in [0.4, 0.5) is 10.1 Å². The van der Waals surface area contributed by atoms with Gasteiger partial charge in [0.2, 0.25) is 0 Å². The summed E-state index contributed by atoms with van der Waals surface area (Å²) in [6, 6.07) is 4.91. The van der Waals surface area contributed by atoms with Crippen molar-refractivity contribution >= 4 is 17.3 Å². The molecule has 0 spiro atoms. The van der Waals surface area contributed by atoms with Crippen molar-refractivity contribution in [1.29, 1.82) is 0 Å². The van der Waals surface area contributed by atoms with Crippen LogP contribution in [0.2, 0.25) is 5.02 Å². The summed E-state index contributed by atoms with van der Waals surface area (Å²) in [7, 11) is 0. The molecule has 1 aromatic rings. The lowest BCUT2D eigenvalue weighted by Gasteiger charge is -2.21. The first kappa shape index (κ1) is 17.3. The zero-order chi connectivity index (χ0) is 14.8. The van der Waals surface area contributed by atoms with Gasteiger partial charge in [0, 0.05) is 6.04 Å². The lowest BCUT2D eigenvalue weighted by Crippen LogP contribution is -2.19. The highest BCUT2D eigenvalue weighted by atomic mass is 35.5. The van der Waals surface area contributed by atoms with Crippen LogP contribution in [0.15, 0.2) is 18.2 Å². The van der Waals surface area contributed by atoms with Crippen molar-refractivity contribution in [2.75, 3.05) is 5.32 Å². The second-order valence-corrected chi connectivity index (χ2v) is 5.86. The van der Waals surface area contributed by atoms with Crippen molar-refractivity contribution in [2.45, 2.75) is 71.3 Å². The Morgan fingerprint density at radius 1 is 1.05 bits per heavy atom. The first-order chi connectivity index (χ1) is 9.67. The molecule has 0 radical (unpaired) electrons. The van der Waals surface area contributed by atoms with Crippen molar-refractivity contribution in [1.82, 2.24) is 0 Å². The Bertz CT molecular complexity index is 371. The maximum absolute atomic E-state index is 13.3. The van der Waals surface area contributed by atoms with Crippen molar-refractivity contribution in [3.05, 3.63) is 29.0 Å². The number of unbranched alkanes of at least 4 members (excludes halogenated alkanes) is 4. The third-order valence-electron chi connectivity index (χ3n) is 3.60. The normalized spacial score (nSPS) is 11.1. The Hall–Kier alpha value is -0.760. The average molecular weight is 300 g/mol. The summed E-state index contributed by atoms with van der Waals surface area (Å²) in [4.78, 5) is 0. The molecule has 20 heavy (non-hydrogen) atoms. The third-order valence-corrected chi connectivity index (χ3v) is 3.93. The highest BCUT2D eigenvalue weighted by Crippen LogP contribution is 2.25. The molecule has 0 aliphatic carbocycles. The van der Waals surface area contributed by atoms with Gasteiger partial charge < -0.3 is 5.32 Å². The number of hydrogen-bond acceptors (Lipinski definition) is 1. The van der Waals surface area contributed by atoms with E-state index in [4.69, 9.17) is 11.6 Å². The SMILES string of the molecule is CCCCCC(CCCCC)Nc1cc(F)ccc1Cl. The van der Waals surface area contributed by atoms with Gasteiger partial charge in [-0.3, -0.25) is 0 Å². The van der Waals surface area contributed by atoms with Crippen LogP contribution in [0.25, 0.3) is 0 Å². The second kappa shape index (κ2) is 10.0. The van der Waals surface area contributed by atoms with Gasteiger partial charge in [0.1, 0.15) is 5.82 Å². The van der Waals surface area contributed by atoms with Crippen molar-refractivity contribution in [2.24, 2.45) is 0 Å². The minimum Gasteiger partial charge on any atom is -0.381 e. The maximum atomic E-state index is 13.3. The molecule has 0 unspecified atom stereocenters. The first-order valence-corrected chi connectivity index (χ1v) is 8.26. The Kier molecular flexibility index (Phi) is 8.68. The second-order valence-electron chi connectivity index (χ2n) is 5.46. The van der Waals surface area contributed by atoms with E-state index in [9.17, 15) is 4.39 Å². The zero-order valence-electron chi connectivity index (χ0n) is 12.7. The summed E-state index contributed by atoms with van der Waals surface area (Å²) in [5.74, 6) is -0.238. The van der Waals surface area contributed by atoms with E-state index in [0.717, 1.165) is 18.5 Å². The Labute approximate surface area is 127 Å². The van der Waals surface area contributed by atoms with Crippen LogP contribution in [-0.2, 0) is 0 Å². The quantitative estimate of drug-likeness (QED) is 0.491. The minimum absolute atomic E-state index is 0.238. The molecule has 0 saturated carbocycles. The maximum Gasteiger partial charge on any atom is 0.125 e. The Morgan fingerprint density at radius 3 is 2.20 bits per heavy atom. The van der Waals surface area contributed by atoms with Crippen molar-refractivity contribution in [3.8, 4) is 0 Å². The summed E-state index contributed by atoms with van der Waals surface area (Å²) in [6.45, 7) is 4.42. The van der Waals surface area contributed by atoms with Gasteiger partial charge in [-0.1, -0.05) is 64.0 Å². The molecule has 1 rings (SSSR count). The van der Waals surface area contributed by atoms with Gasteiger partial charge in [-0.15, -0.1) is 0 Å². The molecular formula is C17H27ClFN. The lowest BCUT2D eigenvalue weighted by atomic mass is 10.0. The van der Waals surface area contributed by atoms with E-state index < -0.39 is 0 Å². The number of benzene rings is 1. The Morgan fingerprint density at radius 2 is 1.65 bits per heavy atom. The van der Waals surface area contributed by atoms with Crippen molar-refractivity contribution in [3.63, 3.8) is 0 Å². The molecule has 1 aromatic carbocycles. The number of halogens is 2. The van der Waals surface area contributed by atoms with E-state index in [1.165, 1.54) is 50.7 Å². The highest BCUT2D eigenvalue weighted by Gasteiger charge is 2.11. The molecule has 0 aliphatic rings. The molecule has 0 atom stereocenters. The van der Waals surface area contributed by atoms with Gasteiger partial charge in [0.05, 0.1) is 10.7 Å². The summed E-state index contributed by atoms with van der Waals surface area (Å²) in [6.07, 6.45) is 9.64. The fourth-order valence-electron chi connectivity index (χ4n) is 2.40. The van der Waals surface area contributed by atoms with Crippen LogP contribution in [0.5, 0.6) is 0 Å². The molecular weight excluding hydrogens is 273 g/mol. The number of rotatable bonds is 10. The largest absolute Gasteiger partial charge is 0.381 e.